The van der Waals surface area contributed by atoms with Crippen LogP contribution in [0.15, 0.2) is 35.5 Å². The van der Waals surface area contributed by atoms with E-state index in [2.05, 4.69) is 21.8 Å². The molecular weight excluding hydrogens is 481 g/mol. The number of halogens is 1. The van der Waals surface area contributed by atoms with Gasteiger partial charge in [0.2, 0.25) is 16.0 Å². The molecule has 1 aromatic carbocycles. The molecule has 10 heteroatoms. The number of benzene rings is 1. The topological polar surface area (TPSA) is 89.4 Å². The summed E-state index contributed by atoms with van der Waals surface area (Å²) in [5, 5.41) is 4.14. The summed E-state index contributed by atoms with van der Waals surface area (Å²) in [6.07, 6.45) is 11.7. The minimum Gasteiger partial charge on any atom is -0.379 e. The third-order valence-electron chi connectivity index (χ3n) is 7.18. The maximum absolute atomic E-state index is 15.3. The van der Waals surface area contributed by atoms with Crippen LogP contribution in [-0.4, -0.2) is 60.1 Å². The first-order valence-corrected chi connectivity index (χ1v) is 14.4. The zero-order valence-electron chi connectivity index (χ0n) is 20.7. The van der Waals surface area contributed by atoms with Gasteiger partial charge in [0.25, 0.3) is 0 Å². The van der Waals surface area contributed by atoms with Crippen LogP contribution in [0.25, 0.3) is 22.2 Å². The second kappa shape index (κ2) is 10.8. The Morgan fingerprint density at radius 2 is 1.94 bits per heavy atom. The highest BCUT2D eigenvalue weighted by atomic mass is 32.2. The van der Waals surface area contributed by atoms with Gasteiger partial charge in [-0.05, 0) is 37.0 Å². The number of nitrogens with one attached hydrogen (secondary N) is 1. The fourth-order valence-electron chi connectivity index (χ4n) is 5.16. The molecule has 0 atom stereocenters. The molecule has 0 radical (unpaired) electrons. The number of morpholine rings is 1. The molecule has 1 saturated heterocycles. The molecule has 194 valence electrons. The largest absolute Gasteiger partial charge is 0.379 e. The first-order chi connectivity index (χ1) is 17.5. The van der Waals surface area contributed by atoms with Crippen molar-refractivity contribution < 1.29 is 17.5 Å². The number of aromatic nitrogens is 3. The Balaban J connectivity index is 1.53. The average Bonchev–Trinajstić information content (AvgIpc) is 3.28. The van der Waals surface area contributed by atoms with Crippen LogP contribution in [0, 0.1) is 5.82 Å². The molecule has 0 spiro atoms. The van der Waals surface area contributed by atoms with Gasteiger partial charge in [-0.1, -0.05) is 38.7 Å². The zero-order valence-corrected chi connectivity index (χ0v) is 21.6. The van der Waals surface area contributed by atoms with Crippen molar-refractivity contribution in [3.63, 3.8) is 0 Å². The summed E-state index contributed by atoms with van der Waals surface area (Å²) >= 11 is 0. The summed E-state index contributed by atoms with van der Waals surface area (Å²) in [4.78, 5) is 9.06. The fraction of sp³-hybridized carbons (Fsp3) is 0.538. The van der Waals surface area contributed by atoms with Crippen LogP contribution in [0.1, 0.15) is 57.9 Å². The van der Waals surface area contributed by atoms with Crippen molar-refractivity contribution in [3.8, 4) is 11.1 Å². The predicted octanol–water partition coefficient (Wildman–Crippen LogP) is 4.98. The normalized spacial score (nSPS) is 18.1. The number of hydrogen-bond donors (Lipinski definition) is 1. The molecule has 2 aliphatic rings. The van der Waals surface area contributed by atoms with E-state index in [0.29, 0.717) is 30.8 Å². The van der Waals surface area contributed by atoms with Gasteiger partial charge in [0.15, 0.2) is 0 Å². The molecule has 3 heterocycles. The quantitative estimate of drug-likeness (QED) is 0.426. The van der Waals surface area contributed by atoms with Gasteiger partial charge >= 0.3 is 0 Å². The minimum absolute atomic E-state index is 0.227. The van der Waals surface area contributed by atoms with Crippen molar-refractivity contribution in [3.05, 3.63) is 36.4 Å². The van der Waals surface area contributed by atoms with Crippen LogP contribution in [0.5, 0.6) is 0 Å². The van der Waals surface area contributed by atoms with Crippen molar-refractivity contribution in [2.24, 2.45) is 0 Å². The average molecular weight is 516 g/mol. The van der Waals surface area contributed by atoms with Crippen molar-refractivity contribution in [1.29, 1.82) is 0 Å². The molecule has 0 bridgehead atoms. The lowest BCUT2D eigenvalue weighted by molar-refractivity contribution is 0.0729. The molecule has 2 fully saturated rings. The Kier molecular flexibility index (Phi) is 7.55. The molecule has 1 aliphatic heterocycles. The Morgan fingerprint density at radius 3 is 2.67 bits per heavy atom. The first-order valence-electron chi connectivity index (χ1n) is 13.0. The van der Waals surface area contributed by atoms with E-state index in [1.165, 1.54) is 35.7 Å². The number of rotatable bonds is 8. The van der Waals surface area contributed by atoms with E-state index in [9.17, 15) is 8.42 Å². The molecule has 3 aromatic rings. The lowest BCUT2D eigenvalue weighted by Gasteiger charge is -2.26. The van der Waals surface area contributed by atoms with E-state index in [0.717, 1.165) is 48.8 Å². The summed E-state index contributed by atoms with van der Waals surface area (Å²) in [5.41, 5.74) is 2.25. The molecule has 8 nitrogen and oxygen atoms in total. The smallest absolute Gasteiger partial charge is 0.246 e. The van der Waals surface area contributed by atoms with Gasteiger partial charge in [-0.3, -0.25) is 0 Å². The highest BCUT2D eigenvalue weighted by Crippen LogP contribution is 2.37. The molecule has 5 rings (SSSR count). The number of ether oxygens (including phenoxy) is 1. The number of fused-ring (bicyclic) bond motifs is 1. The van der Waals surface area contributed by atoms with Crippen LogP contribution in [0.2, 0.25) is 0 Å². The molecule has 36 heavy (non-hydrogen) atoms. The first kappa shape index (κ1) is 25.1. The van der Waals surface area contributed by atoms with Crippen molar-refractivity contribution >= 4 is 27.0 Å². The maximum atomic E-state index is 15.3. The van der Waals surface area contributed by atoms with E-state index in [1.54, 1.807) is 12.3 Å². The molecule has 1 aliphatic carbocycles. The SMILES string of the molecule is CCCCNc1ncc2c(-c3ccc(S(=O)(=O)N4CCOCC4)c(F)c3)cn(C3CCCCC3)c2n1. The number of sulfonamides is 1. The summed E-state index contributed by atoms with van der Waals surface area (Å²) in [6, 6.07) is 4.71. The predicted molar refractivity (Wildman–Crippen MR) is 138 cm³/mol. The van der Waals surface area contributed by atoms with Crippen molar-refractivity contribution in [2.45, 2.75) is 62.8 Å². The third-order valence-corrected chi connectivity index (χ3v) is 9.12. The van der Waals surface area contributed by atoms with Gasteiger partial charge in [-0.2, -0.15) is 9.29 Å². The lowest BCUT2D eigenvalue weighted by Crippen LogP contribution is -2.40. The van der Waals surface area contributed by atoms with Crippen molar-refractivity contribution in [2.75, 3.05) is 38.2 Å². The van der Waals surface area contributed by atoms with Gasteiger partial charge in [0.1, 0.15) is 16.4 Å². The molecule has 0 unspecified atom stereocenters. The fourth-order valence-corrected chi connectivity index (χ4v) is 6.62. The van der Waals surface area contributed by atoms with Gasteiger partial charge < -0.3 is 14.6 Å². The van der Waals surface area contributed by atoms with Gasteiger partial charge in [-0.25, -0.2) is 17.8 Å². The van der Waals surface area contributed by atoms with E-state index < -0.39 is 15.8 Å². The summed E-state index contributed by atoms with van der Waals surface area (Å²) in [7, 11) is -3.92. The van der Waals surface area contributed by atoms with E-state index in [-0.39, 0.29) is 18.0 Å². The number of nitrogens with zero attached hydrogens (tertiary/aromatic N) is 4. The monoisotopic (exact) mass is 515 g/mol. The summed E-state index contributed by atoms with van der Waals surface area (Å²) in [6.45, 7) is 4.03. The second-order valence-electron chi connectivity index (χ2n) is 9.61. The van der Waals surface area contributed by atoms with Gasteiger partial charge in [0, 0.05) is 49.0 Å². The van der Waals surface area contributed by atoms with E-state index >= 15 is 4.39 Å². The van der Waals surface area contributed by atoms with Gasteiger partial charge in [0.05, 0.1) is 13.2 Å². The van der Waals surface area contributed by atoms with E-state index in [1.807, 2.05) is 6.20 Å². The Morgan fingerprint density at radius 1 is 1.17 bits per heavy atom. The third kappa shape index (κ3) is 4.99. The Hall–Kier alpha value is -2.56. The maximum Gasteiger partial charge on any atom is 0.246 e. The Bertz CT molecular complexity index is 1310. The second-order valence-corrected chi connectivity index (χ2v) is 11.5. The number of hydrogen-bond acceptors (Lipinski definition) is 6. The van der Waals surface area contributed by atoms with Crippen LogP contribution in [-0.2, 0) is 14.8 Å². The molecule has 2 aromatic heterocycles. The van der Waals surface area contributed by atoms with Crippen LogP contribution < -0.4 is 5.32 Å². The Labute approximate surface area is 211 Å². The van der Waals surface area contributed by atoms with Crippen LogP contribution in [0.4, 0.5) is 10.3 Å². The number of unbranched alkanes of at least 4 members (excludes halogenated alkanes) is 1. The zero-order chi connectivity index (χ0) is 25.1. The summed E-state index contributed by atoms with van der Waals surface area (Å²) < 4.78 is 50.1. The molecule has 1 saturated carbocycles. The molecule has 1 N–H and O–H groups in total. The highest BCUT2D eigenvalue weighted by molar-refractivity contribution is 7.89. The summed E-state index contributed by atoms with van der Waals surface area (Å²) in [5.74, 6) is -0.160. The van der Waals surface area contributed by atoms with Gasteiger partial charge in [-0.15, -0.1) is 0 Å². The highest BCUT2D eigenvalue weighted by Gasteiger charge is 2.29. The minimum atomic E-state index is -3.92. The molecule has 0 amide bonds. The lowest BCUT2D eigenvalue weighted by atomic mass is 9.95. The standard InChI is InChI=1S/C26H34FN5O3S/c1-2-3-11-28-26-29-17-21-22(18-32(25(21)30-26)20-7-5-4-6-8-20)19-9-10-24(23(27)16-19)36(33,34)31-12-14-35-15-13-31/h9-10,16-18,20H,2-8,11-15H2,1H3,(H,28,29,30). The van der Waals surface area contributed by atoms with Crippen molar-refractivity contribution in [1.82, 2.24) is 18.8 Å². The van der Waals surface area contributed by atoms with Crippen LogP contribution in [0.3, 0.4) is 0 Å². The van der Waals surface area contributed by atoms with E-state index in [4.69, 9.17) is 9.72 Å². The van der Waals surface area contributed by atoms with Crippen LogP contribution >= 0.6 is 0 Å². The number of anilines is 1. The molecular formula is C26H34FN5O3S.